The summed E-state index contributed by atoms with van der Waals surface area (Å²) in [6.45, 7) is 1.20. The van der Waals surface area contributed by atoms with Gasteiger partial charge in [-0.1, -0.05) is 12.8 Å². The normalized spacial score (nSPS) is 28.2. The van der Waals surface area contributed by atoms with Crippen LogP contribution in [-0.2, 0) is 9.53 Å². The molecule has 3 atom stereocenters. The molecular weight excluding hydrogens is 208 g/mol. The molecule has 1 fully saturated rings. The lowest BCUT2D eigenvalue weighted by Gasteiger charge is -2.26. The summed E-state index contributed by atoms with van der Waals surface area (Å²) >= 11 is 0. The van der Waals surface area contributed by atoms with E-state index in [0.29, 0.717) is 6.42 Å². The van der Waals surface area contributed by atoms with E-state index in [1.807, 2.05) is 0 Å². The van der Waals surface area contributed by atoms with E-state index in [4.69, 9.17) is 9.84 Å². The Hall–Kier alpha value is -0.610. The maximum atomic E-state index is 11.0. The van der Waals surface area contributed by atoms with Gasteiger partial charge in [0.1, 0.15) is 6.10 Å². The SMILES string of the molecule is CC(=O)O[C@H]1CCCCC[C@H]1C[C@@H](O)CO. The van der Waals surface area contributed by atoms with Gasteiger partial charge in [-0.2, -0.15) is 0 Å². The molecule has 2 N–H and O–H groups in total. The molecule has 0 amide bonds. The first kappa shape index (κ1) is 13.5. The van der Waals surface area contributed by atoms with Crippen LogP contribution in [-0.4, -0.2) is 35.0 Å². The van der Waals surface area contributed by atoms with Crippen LogP contribution in [0.15, 0.2) is 0 Å². The smallest absolute Gasteiger partial charge is 0.302 e. The second-order valence-electron chi connectivity index (χ2n) is 4.62. The molecule has 0 aromatic rings. The molecule has 0 spiro atoms. The van der Waals surface area contributed by atoms with Gasteiger partial charge in [-0.05, 0) is 31.6 Å². The first-order valence-electron chi connectivity index (χ1n) is 6.09. The van der Waals surface area contributed by atoms with E-state index in [1.54, 1.807) is 0 Å². The van der Waals surface area contributed by atoms with Crippen LogP contribution in [0.2, 0.25) is 0 Å². The van der Waals surface area contributed by atoms with Crippen molar-refractivity contribution in [1.82, 2.24) is 0 Å². The quantitative estimate of drug-likeness (QED) is 0.563. The number of carbonyl (C=O) groups excluding carboxylic acids is 1. The van der Waals surface area contributed by atoms with Crippen molar-refractivity contribution >= 4 is 5.97 Å². The van der Waals surface area contributed by atoms with E-state index in [2.05, 4.69) is 0 Å². The highest BCUT2D eigenvalue weighted by Gasteiger charge is 2.27. The number of carbonyl (C=O) groups is 1. The highest BCUT2D eigenvalue weighted by Crippen LogP contribution is 2.29. The molecule has 0 bridgehead atoms. The van der Waals surface area contributed by atoms with Gasteiger partial charge in [0.05, 0.1) is 12.7 Å². The van der Waals surface area contributed by atoms with Crippen molar-refractivity contribution < 1.29 is 19.7 Å². The molecule has 0 heterocycles. The summed E-state index contributed by atoms with van der Waals surface area (Å²) < 4.78 is 5.30. The Morgan fingerprint density at radius 3 is 2.69 bits per heavy atom. The van der Waals surface area contributed by atoms with Crippen molar-refractivity contribution in [2.75, 3.05) is 6.61 Å². The largest absolute Gasteiger partial charge is 0.462 e. The summed E-state index contributed by atoms with van der Waals surface area (Å²) in [4.78, 5) is 11.0. The molecule has 0 aliphatic heterocycles. The Bertz CT molecular complexity index is 217. The molecule has 0 aromatic carbocycles. The third-order valence-electron chi connectivity index (χ3n) is 3.19. The summed E-state index contributed by atoms with van der Waals surface area (Å²) in [5.41, 5.74) is 0. The minimum Gasteiger partial charge on any atom is -0.462 e. The molecule has 1 aliphatic rings. The van der Waals surface area contributed by atoms with Crippen LogP contribution in [0.5, 0.6) is 0 Å². The summed E-state index contributed by atoms with van der Waals surface area (Å²) in [7, 11) is 0. The third kappa shape index (κ3) is 4.49. The molecule has 4 nitrogen and oxygen atoms in total. The summed E-state index contributed by atoms with van der Waals surface area (Å²) in [5.74, 6) is -0.0658. The predicted octanol–water partition coefficient (Wildman–Crippen LogP) is 1.24. The summed E-state index contributed by atoms with van der Waals surface area (Å²) in [5, 5.41) is 18.3. The Labute approximate surface area is 96.6 Å². The zero-order valence-corrected chi connectivity index (χ0v) is 9.89. The van der Waals surface area contributed by atoms with E-state index in [1.165, 1.54) is 6.92 Å². The fourth-order valence-corrected chi connectivity index (χ4v) is 2.41. The summed E-state index contributed by atoms with van der Waals surface area (Å²) in [6, 6.07) is 0. The molecule has 0 radical (unpaired) electrons. The Kier molecular flexibility index (Phi) is 5.77. The average Bonchev–Trinajstić information content (AvgIpc) is 2.44. The van der Waals surface area contributed by atoms with Crippen molar-refractivity contribution in [2.24, 2.45) is 5.92 Å². The van der Waals surface area contributed by atoms with Crippen LogP contribution in [0.4, 0.5) is 0 Å². The van der Waals surface area contributed by atoms with Crippen LogP contribution >= 0.6 is 0 Å². The predicted molar refractivity (Wildman–Crippen MR) is 59.8 cm³/mol. The minimum absolute atomic E-state index is 0.0822. The fourth-order valence-electron chi connectivity index (χ4n) is 2.41. The van der Waals surface area contributed by atoms with Crippen LogP contribution in [0.3, 0.4) is 0 Å². The second-order valence-corrected chi connectivity index (χ2v) is 4.62. The molecule has 0 aromatic heterocycles. The van der Waals surface area contributed by atoms with Gasteiger partial charge in [0.25, 0.3) is 0 Å². The molecular formula is C12H22O4. The van der Waals surface area contributed by atoms with Crippen molar-refractivity contribution in [3.8, 4) is 0 Å². The first-order valence-corrected chi connectivity index (χ1v) is 6.09. The van der Waals surface area contributed by atoms with E-state index in [-0.39, 0.29) is 24.6 Å². The van der Waals surface area contributed by atoms with E-state index >= 15 is 0 Å². The Balaban J connectivity index is 2.54. The van der Waals surface area contributed by atoms with Gasteiger partial charge in [0.15, 0.2) is 0 Å². The number of ether oxygens (including phenoxy) is 1. The molecule has 1 rings (SSSR count). The van der Waals surface area contributed by atoms with Crippen molar-refractivity contribution in [3.05, 3.63) is 0 Å². The van der Waals surface area contributed by atoms with E-state index in [0.717, 1.165) is 32.1 Å². The van der Waals surface area contributed by atoms with Gasteiger partial charge in [0, 0.05) is 6.92 Å². The average molecular weight is 230 g/mol. The standard InChI is InChI=1S/C12H22O4/c1-9(14)16-12-6-4-2-3-5-10(12)7-11(15)8-13/h10-13,15H,2-8H2,1H3/t10-,11+,12-/m0/s1. The lowest BCUT2D eigenvalue weighted by atomic mass is 9.91. The van der Waals surface area contributed by atoms with Gasteiger partial charge < -0.3 is 14.9 Å². The number of hydrogen-bond donors (Lipinski definition) is 2. The van der Waals surface area contributed by atoms with Crippen LogP contribution in [0, 0.1) is 5.92 Å². The number of aliphatic hydroxyl groups is 2. The maximum Gasteiger partial charge on any atom is 0.302 e. The fraction of sp³-hybridized carbons (Fsp3) is 0.917. The molecule has 16 heavy (non-hydrogen) atoms. The van der Waals surface area contributed by atoms with E-state index in [9.17, 15) is 9.90 Å². The van der Waals surface area contributed by atoms with Gasteiger partial charge >= 0.3 is 5.97 Å². The third-order valence-corrected chi connectivity index (χ3v) is 3.19. The molecule has 1 saturated carbocycles. The van der Waals surface area contributed by atoms with Crippen LogP contribution < -0.4 is 0 Å². The molecule has 4 heteroatoms. The highest BCUT2D eigenvalue weighted by atomic mass is 16.5. The van der Waals surface area contributed by atoms with Crippen molar-refractivity contribution in [3.63, 3.8) is 0 Å². The Morgan fingerprint density at radius 2 is 2.06 bits per heavy atom. The van der Waals surface area contributed by atoms with Crippen molar-refractivity contribution in [2.45, 2.75) is 57.7 Å². The highest BCUT2D eigenvalue weighted by molar-refractivity contribution is 5.66. The lowest BCUT2D eigenvalue weighted by molar-refractivity contribution is -0.150. The molecule has 0 saturated heterocycles. The van der Waals surface area contributed by atoms with Gasteiger partial charge in [-0.25, -0.2) is 0 Å². The van der Waals surface area contributed by atoms with Gasteiger partial charge in [0.2, 0.25) is 0 Å². The van der Waals surface area contributed by atoms with Crippen LogP contribution in [0.25, 0.3) is 0 Å². The topological polar surface area (TPSA) is 66.8 Å². The minimum atomic E-state index is -0.693. The number of hydrogen-bond acceptors (Lipinski definition) is 4. The number of aliphatic hydroxyl groups excluding tert-OH is 2. The maximum absolute atomic E-state index is 11.0. The van der Waals surface area contributed by atoms with Gasteiger partial charge in [-0.15, -0.1) is 0 Å². The Morgan fingerprint density at radius 1 is 1.38 bits per heavy atom. The molecule has 0 unspecified atom stereocenters. The first-order chi connectivity index (χ1) is 7.63. The lowest BCUT2D eigenvalue weighted by Crippen LogP contribution is -2.29. The van der Waals surface area contributed by atoms with E-state index < -0.39 is 6.10 Å². The molecule has 94 valence electrons. The summed E-state index contributed by atoms with van der Waals surface area (Å²) in [6.07, 6.45) is 4.93. The molecule has 1 aliphatic carbocycles. The second kappa shape index (κ2) is 6.86. The number of rotatable bonds is 4. The monoisotopic (exact) mass is 230 g/mol. The number of esters is 1. The zero-order chi connectivity index (χ0) is 12.0. The zero-order valence-electron chi connectivity index (χ0n) is 9.89. The van der Waals surface area contributed by atoms with Crippen LogP contribution in [0.1, 0.15) is 45.4 Å². The van der Waals surface area contributed by atoms with Gasteiger partial charge in [-0.3, -0.25) is 4.79 Å². The van der Waals surface area contributed by atoms with Crippen molar-refractivity contribution in [1.29, 1.82) is 0 Å².